The number of hydrogen-bond donors (Lipinski definition) is 1. The van der Waals surface area contributed by atoms with Gasteiger partial charge in [0, 0.05) is 6.54 Å². The molecule has 2 aromatic carbocycles. The maximum atomic E-state index is 13.1. The molecule has 124 valence electrons. The summed E-state index contributed by atoms with van der Waals surface area (Å²) in [6.45, 7) is 1.37. The van der Waals surface area contributed by atoms with Gasteiger partial charge >= 0.3 is 6.18 Å². The van der Waals surface area contributed by atoms with Gasteiger partial charge < -0.3 is 0 Å². The van der Waals surface area contributed by atoms with Crippen LogP contribution in [0.2, 0.25) is 0 Å². The van der Waals surface area contributed by atoms with Crippen LogP contribution in [0.4, 0.5) is 17.6 Å². The van der Waals surface area contributed by atoms with Gasteiger partial charge in [-0.25, -0.2) is 17.5 Å². The summed E-state index contributed by atoms with van der Waals surface area (Å²) in [5.74, 6) is -0.422. The van der Waals surface area contributed by atoms with Crippen LogP contribution in [-0.4, -0.2) is 8.42 Å². The van der Waals surface area contributed by atoms with Crippen LogP contribution in [-0.2, 0) is 22.7 Å². The van der Waals surface area contributed by atoms with E-state index in [0.29, 0.717) is 17.2 Å². The van der Waals surface area contributed by atoms with Gasteiger partial charge in [-0.15, -0.1) is 0 Å². The van der Waals surface area contributed by atoms with E-state index in [1.165, 1.54) is 25.1 Å². The zero-order valence-corrected chi connectivity index (χ0v) is 12.8. The Morgan fingerprint density at radius 2 is 1.78 bits per heavy atom. The Labute approximate surface area is 131 Å². The largest absolute Gasteiger partial charge is 0.416 e. The fourth-order valence-electron chi connectivity index (χ4n) is 1.92. The fraction of sp³-hybridized carbons (Fsp3) is 0.200. The van der Waals surface area contributed by atoms with Gasteiger partial charge in [-0.3, -0.25) is 0 Å². The number of alkyl halides is 3. The predicted octanol–water partition coefficient (Wildman–Crippen LogP) is 3.63. The van der Waals surface area contributed by atoms with Crippen molar-refractivity contribution in [3.8, 4) is 0 Å². The number of rotatable bonds is 4. The van der Waals surface area contributed by atoms with Crippen LogP contribution in [0.15, 0.2) is 47.4 Å². The van der Waals surface area contributed by atoms with Gasteiger partial charge in [0.05, 0.1) is 10.5 Å². The summed E-state index contributed by atoms with van der Waals surface area (Å²) in [6, 6.07) is 7.53. The van der Waals surface area contributed by atoms with Crippen molar-refractivity contribution in [2.75, 3.05) is 0 Å². The summed E-state index contributed by atoms with van der Waals surface area (Å²) >= 11 is 0. The highest BCUT2D eigenvalue weighted by molar-refractivity contribution is 7.89. The molecule has 0 radical (unpaired) electrons. The van der Waals surface area contributed by atoms with Gasteiger partial charge in [-0.05, 0) is 42.3 Å². The number of hydrogen-bond acceptors (Lipinski definition) is 2. The molecule has 0 aliphatic carbocycles. The second-order valence-electron chi connectivity index (χ2n) is 4.93. The molecule has 3 nitrogen and oxygen atoms in total. The lowest BCUT2D eigenvalue weighted by Gasteiger charge is -2.10. The number of sulfonamides is 1. The van der Waals surface area contributed by atoms with Gasteiger partial charge in [0.15, 0.2) is 0 Å². The number of benzene rings is 2. The van der Waals surface area contributed by atoms with Crippen LogP contribution >= 0.6 is 0 Å². The van der Waals surface area contributed by atoms with E-state index in [9.17, 15) is 26.0 Å². The van der Waals surface area contributed by atoms with Crippen LogP contribution in [0.25, 0.3) is 0 Å². The lowest BCUT2D eigenvalue weighted by atomic mass is 10.1. The van der Waals surface area contributed by atoms with E-state index in [1.807, 2.05) is 0 Å². The summed E-state index contributed by atoms with van der Waals surface area (Å²) in [5.41, 5.74) is -0.196. The van der Waals surface area contributed by atoms with Gasteiger partial charge in [-0.1, -0.05) is 18.2 Å². The second kappa shape index (κ2) is 6.29. The van der Waals surface area contributed by atoms with E-state index in [4.69, 9.17) is 0 Å². The Kier molecular flexibility index (Phi) is 4.76. The fourth-order valence-corrected chi connectivity index (χ4v) is 2.98. The van der Waals surface area contributed by atoms with E-state index >= 15 is 0 Å². The van der Waals surface area contributed by atoms with E-state index < -0.39 is 32.5 Å². The summed E-state index contributed by atoms with van der Waals surface area (Å²) in [4.78, 5) is -0.480. The molecule has 0 saturated heterocycles. The Balaban J connectivity index is 2.20. The molecule has 0 bridgehead atoms. The third kappa shape index (κ3) is 4.29. The van der Waals surface area contributed by atoms with Gasteiger partial charge in [0.1, 0.15) is 5.82 Å². The molecule has 0 fully saturated rings. The van der Waals surface area contributed by atoms with Gasteiger partial charge in [0.25, 0.3) is 0 Å². The van der Waals surface area contributed by atoms with Crippen molar-refractivity contribution in [3.05, 3.63) is 65.0 Å². The molecule has 0 aliphatic rings. The second-order valence-corrected chi connectivity index (χ2v) is 6.70. The first-order valence-corrected chi connectivity index (χ1v) is 8.00. The molecule has 0 aliphatic heterocycles. The molecule has 2 rings (SSSR count). The molecular weight excluding hydrogens is 334 g/mol. The highest BCUT2D eigenvalue weighted by atomic mass is 32.2. The third-order valence-electron chi connectivity index (χ3n) is 3.16. The van der Waals surface area contributed by atoms with Crippen LogP contribution in [0.1, 0.15) is 16.7 Å². The van der Waals surface area contributed by atoms with E-state index in [-0.39, 0.29) is 6.54 Å². The minimum atomic E-state index is -4.63. The SMILES string of the molecule is Cc1cc(CNS(=O)(=O)c2cccc(C(F)(F)F)c2)ccc1F. The third-order valence-corrected chi connectivity index (χ3v) is 4.56. The van der Waals surface area contributed by atoms with E-state index in [1.54, 1.807) is 0 Å². The molecule has 2 aromatic rings. The van der Waals surface area contributed by atoms with Crippen LogP contribution in [0.3, 0.4) is 0 Å². The van der Waals surface area contributed by atoms with Crippen LogP contribution in [0.5, 0.6) is 0 Å². The summed E-state index contributed by atoms with van der Waals surface area (Å²) < 4.78 is 77.4. The Bertz CT molecular complexity index is 816. The van der Waals surface area contributed by atoms with Crippen molar-refractivity contribution >= 4 is 10.0 Å². The lowest BCUT2D eigenvalue weighted by Crippen LogP contribution is -2.23. The molecule has 0 amide bonds. The topological polar surface area (TPSA) is 46.2 Å². The lowest BCUT2D eigenvalue weighted by molar-refractivity contribution is -0.137. The Hall–Kier alpha value is -1.93. The first-order valence-electron chi connectivity index (χ1n) is 6.51. The van der Waals surface area contributed by atoms with Crippen molar-refractivity contribution in [3.63, 3.8) is 0 Å². The molecule has 0 unspecified atom stereocenters. The molecule has 1 N–H and O–H groups in total. The number of aryl methyl sites for hydroxylation is 1. The van der Waals surface area contributed by atoms with Crippen molar-refractivity contribution in [2.24, 2.45) is 0 Å². The zero-order chi connectivity index (χ0) is 17.3. The predicted molar refractivity (Wildman–Crippen MR) is 76.6 cm³/mol. The first-order chi connectivity index (χ1) is 10.6. The average molecular weight is 347 g/mol. The monoisotopic (exact) mass is 347 g/mol. The quantitative estimate of drug-likeness (QED) is 0.859. The number of nitrogens with one attached hydrogen (secondary N) is 1. The first kappa shape index (κ1) is 17.4. The van der Waals surface area contributed by atoms with Crippen molar-refractivity contribution < 1.29 is 26.0 Å². The normalized spacial score (nSPS) is 12.4. The molecule has 0 spiro atoms. The molecule has 0 atom stereocenters. The number of halogens is 4. The average Bonchev–Trinajstić information content (AvgIpc) is 2.48. The highest BCUT2D eigenvalue weighted by Crippen LogP contribution is 2.30. The van der Waals surface area contributed by atoms with Crippen molar-refractivity contribution in [2.45, 2.75) is 24.5 Å². The minimum Gasteiger partial charge on any atom is -0.207 e. The Morgan fingerprint density at radius 1 is 1.09 bits per heavy atom. The maximum absolute atomic E-state index is 13.1. The molecule has 23 heavy (non-hydrogen) atoms. The van der Waals surface area contributed by atoms with E-state index in [2.05, 4.69) is 4.72 Å². The molecule has 8 heteroatoms. The van der Waals surface area contributed by atoms with Crippen molar-refractivity contribution in [1.82, 2.24) is 4.72 Å². The maximum Gasteiger partial charge on any atom is 0.416 e. The summed E-state index contributed by atoms with van der Waals surface area (Å²) in [5, 5.41) is 0. The molecule has 0 saturated carbocycles. The van der Waals surface area contributed by atoms with E-state index in [0.717, 1.165) is 18.2 Å². The summed E-state index contributed by atoms with van der Waals surface area (Å²) in [7, 11) is -4.11. The zero-order valence-electron chi connectivity index (χ0n) is 12.0. The molecule has 0 aromatic heterocycles. The smallest absolute Gasteiger partial charge is 0.207 e. The van der Waals surface area contributed by atoms with Gasteiger partial charge in [-0.2, -0.15) is 13.2 Å². The van der Waals surface area contributed by atoms with Gasteiger partial charge in [0.2, 0.25) is 10.0 Å². The molecular formula is C15H13F4NO2S. The standard InChI is InChI=1S/C15H13F4NO2S/c1-10-7-11(5-6-14(10)16)9-20-23(21,22)13-4-2-3-12(8-13)15(17,18)19/h2-8,20H,9H2,1H3. The summed E-state index contributed by atoms with van der Waals surface area (Å²) in [6.07, 6.45) is -4.63. The molecule has 0 heterocycles. The Morgan fingerprint density at radius 3 is 2.39 bits per heavy atom. The highest BCUT2D eigenvalue weighted by Gasteiger charge is 2.31. The minimum absolute atomic E-state index is 0.153. The van der Waals surface area contributed by atoms with Crippen LogP contribution in [0, 0.1) is 12.7 Å². The van der Waals surface area contributed by atoms with Crippen LogP contribution < -0.4 is 4.72 Å². The van der Waals surface area contributed by atoms with Crippen molar-refractivity contribution in [1.29, 1.82) is 0 Å².